The highest BCUT2D eigenvalue weighted by Gasteiger charge is 2.45. The lowest BCUT2D eigenvalue weighted by molar-refractivity contribution is -0.0511. The Morgan fingerprint density at radius 3 is 2.22 bits per heavy atom. The van der Waals surface area contributed by atoms with Gasteiger partial charge in [0.15, 0.2) is 30.1 Å². The van der Waals surface area contributed by atoms with Crippen LogP contribution in [0.1, 0.15) is 12.5 Å². The van der Waals surface area contributed by atoms with Crippen molar-refractivity contribution in [1.82, 2.24) is 29.1 Å². The Labute approximate surface area is 220 Å². The van der Waals surface area contributed by atoms with Gasteiger partial charge in [0.25, 0.3) is 0 Å². The standard InChI is InChI=1S/C10H13N5O4.C9H11FIN3O4/c11-8-5-9(13-2-12-8)15(3-14-5)10-7(18)6(17)4(1-16)19-10;10-5-6(16)4(2-15)18-8(5)14-1-3(11)7(12)13-9(14)17/h2-4,6-7,10,16-18H,1H2,(H2,11,12,13);1,4-6,8,15-16H,2H2,(H2,12,13,17)/t4-,6-,7+,10-;4-,5+,6-,8-/m11/s1. The Morgan fingerprint density at radius 1 is 0.946 bits per heavy atom. The first-order valence-corrected chi connectivity index (χ1v) is 11.8. The van der Waals surface area contributed by atoms with Gasteiger partial charge in [0, 0.05) is 6.20 Å². The van der Waals surface area contributed by atoms with Crippen molar-refractivity contribution in [2.24, 2.45) is 0 Å². The van der Waals surface area contributed by atoms with E-state index in [1.165, 1.54) is 23.4 Å². The molecular formula is C19H24FIN8O8. The number of aliphatic hydroxyl groups is 5. The van der Waals surface area contributed by atoms with E-state index >= 15 is 0 Å². The number of aromatic nitrogens is 6. The van der Waals surface area contributed by atoms with E-state index in [1.54, 1.807) is 0 Å². The molecule has 0 spiro atoms. The molecule has 202 valence electrons. The summed E-state index contributed by atoms with van der Waals surface area (Å²) in [6, 6.07) is 0. The lowest BCUT2D eigenvalue weighted by Crippen LogP contribution is -2.34. The smallest absolute Gasteiger partial charge is 0.351 e. The predicted molar refractivity (Wildman–Crippen MR) is 130 cm³/mol. The van der Waals surface area contributed by atoms with Crippen molar-refractivity contribution >= 4 is 45.4 Å². The fourth-order valence-corrected chi connectivity index (χ4v) is 4.31. The summed E-state index contributed by atoms with van der Waals surface area (Å²) < 4.78 is 27.1. The molecule has 0 radical (unpaired) electrons. The number of imidazole rings is 1. The Balaban J connectivity index is 0.000000173. The summed E-state index contributed by atoms with van der Waals surface area (Å²) in [5.41, 5.74) is 11.1. The average Bonchev–Trinajstić information content (AvgIpc) is 3.52. The molecule has 16 nitrogen and oxygen atoms in total. The van der Waals surface area contributed by atoms with Gasteiger partial charge in [0.1, 0.15) is 48.2 Å². The van der Waals surface area contributed by atoms with Crippen LogP contribution in [-0.2, 0) is 9.47 Å². The number of nitrogens with two attached hydrogens (primary N) is 2. The van der Waals surface area contributed by atoms with E-state index in [1.807, 2.05) is 22.6 Å². The lowest BCUT2D eigenvalue weighted by atomic mass is 10.1. The molecular weight excluding hydrogens is 614 g/mol. The van der Waals surface area contributed by atoms with Gasteiger partial charge in [0.2, 0.25) is 0 Å². The molecule has 0 bridgehead atoms. The summed E-state index contributed by atoms with van der Waals surface area (Å²) in [7, 11) is 0. The minimum absolute atomic E-state index is 0.0458. The lowest BCUT2D eigenvalue weighted by Gasteiger charge is -2.16. The Kier molecular flexibility index (Phi) is 8.18. The summed E-state index contributed by atoms with van der Waals surface area (Å²) in [6.07, 6.45) is -5.80. The minimum atomic E-state index is -1.82. The molecule has 0 saturated carbocycles. The van der Waals surface area contributed by atoms with E-state index in [0.717, 1.165) is 4.57 Å². The third-order valence-electron chi connectivity index (χ3n) is 5.86. The summed E-state index contributed by atoms with van der Waals surface area (Å²) in [5, 5.41) is 47.1. The van der Waals surface area contributed by atoms with Crippen molar-refractivity contribution in [1.29, 1.82) is 0 Å². The molecule has 18 heteroatoms. The predicted octanol–water partition coefficient (Wildman–Crippen LogP) is -2.96. The molecule has 9 N–H and O–H groups in total. The molecule has 0 unspecified atom stereocenters. The summed E-state index contributed by atoms with van der Waals surface area (Å²) in [6.45, 7) is -0.926. The molecule has 2 saturated heterocycles. The molecule has 2 fully saturated rings. The molecule has 0 aromatic carbocycles. The van der Waals surface area contributed by atoms with Crippen LogP contribution >= 0.6 is 22.6 Å². The monoisotopic (exact) mass is 638 g/mol. The first kappa shape index (κ1) is 27.4. The van der Waals surface area contributed by atoms with Gasteiger partial charge >= 0.3 is 5.69 Å². The molecule has 3 aromatic heterocycles. The van der Waals surface area contributed by atoms with Crippen LogP contribution in [0.25, 0.3) is 11.2 Å². The fraction of sp³-hybridized carbons (Fsp3) is 0.526. The van der Waals surface area contributed by atoms with Crippen LogP contribution in [0.4, 0.5) is 16.0 Å². The molecule has 37 heavy (non-hydrogen) atoms. The van der Waals surface area contributed by atoms with E-state index in [-0.39, 0.29) is 11.6 Å². The van der Waals surface area contributed by atoms with Gasteiger partial charge < -0.3 is 46.5 Å². The van der Waals surface area contributed by atoms with Gasteiger partial charge in [-0.2, -0.15) is 4.98 Å². The minimum Gasteiger partial charge on any atom is -0.394 e. The highest BCUT2D eigenvalue weighted by Crippen LogP contribution is 2.32. The van der Waals surface area contributed by atoms with Crippen molar-refractivity contribution in [3.63, 3.8) is 0 Å². The number of hydrogen-bond donors (Lipinski definition) is 7. The quantitative estimate of drug-likeness (QED) is 0.141. The zero-order valence-corrected chi connectivity index (χ0v) is 21.0. The average molecular weight is 638 g/mol. The zero-order chi connectivity index (χ0) is 27.0. The van der Waals surface area contributed by atoms with Crippen molar-refractivity contribution in [3.05, 3.63) is 32.9 Å². The molecule has 2 aliphatic rings. The number of nitrogens with zero attached hydrogens (tertiary/aromatic N) is 6. The second-order valence-electron chi connectivity index (χ2n) is 8.16. The van der Waals surface area contributed by atoms with Crippen LogP contribution in [-0.4, -0.2) is 105 Å². The SMILES string of the molecule is Nc1nc(=O)n([C@@H]2O[C@H](CO)[C@@H](O)[C@@H]2F)cc1I.Nc1ncnc2c1ncn2[C@@H]1O[C@H](CO)[C@@H](O)[C@@H]1O. The number of fused-ring (bicyclic) bond motifs is 1. The molecule has 0 amide bonds. The first-order valence-electron chi connectivity index (χ1n) is 10.8. The molecule has 5 heterocycles. The van der Waals surface area contributed by atoms with E-state index in [9.17, 15) is 24.5 Å². The summed E-state index contributed by atoms with van der Waals surface area (Å²) >= 11 is 1.84. The number of rotatable bonds is 4. The van der Waals surface area contributed by atoms with E-state index in [0.29, 0.717) is 14.7 Å². The van der Waals surface area contributed by atoms with E-state index < -0.39 is 68.1 Å². The number of hydrogen-bond acceptors (Lipinski definition) is 14. The number of halogens is 2. The van der Waals surface area contributed by atoms with Gasteiger partial charge in [0.05, 0.1) is 23.1 Å². The highest BCUT2D eigenvalue weighted by molar-refractivity contribution is 14.1. The van der Waals surface area contributed by atoms with E-state index in [4.69, 9.17) is 31.2 Å². The molecule has 0 aliphatic carbocycles. The van der Waals surface area contributed by atoms with Crippen LogP contribution in [0, 0.1) is 3.57 Å². The number of anilines is 2. The third-order valence-corrected chi connectivity index (χ3v) is 6.69. The summed E-state index contributed by atoms with van der Waals surface area (Å²) in [5.74, 6) is 0.264. The Morgan fingerprint density at radius 2 is 1.59 bits per heavy atom. The maximum Gasteiger partial charge on any atom is 0.351 e. The maximum atomic E-state index is 13.8. The largest absolute Gasteiger partial charge is 0.394 e. The van der Waals surface area contributed by atoms with E-state index in [2.05, 4.69) is 19.9 Å². The van der Waals surface area contributed by atoms with Crippen molar-refractivity contribution in [2.75, 3.05) is 24.7 Å². The maximum absolute atomic E-state index is 13.8. The van der Waals surface area contributed by atoms with Crippen LogP contribution < -0.4 is 17.2 Å². The van der Waals surface area contributed by atoms with Gasteiger partial charge in [-0.05, 0) is 22.6 Å². The highest BCUT2D eigenvalue weighted by atomic mass is 127. The number of nitrogen functional groups attached to an aromatic ring is 2. The zero-order valence-electron chi connectivity index (χ0n) is 18.8. The van der Waals surface area contributed by atoms with Crippen molar-refractivity contribution < 1.29 is 39.4 Å². The van der Waals surface area contributed by atoms with Gasteiger partial charge in [-0.1, -0.05) is 0 Å². The Bertz CT molecular complexity index is 1310. The van der Waals surface area contributed by atoms with Crippen LogP contribution in [0.3, 0.4) is 0 Å². The number of aliphatic hydroxyl groups excluding tert-OH is 5. The molecule has 5 rings (SSSR count). The number of alkyl halides is 1. The summed E-state index contributed by atoms with van der Waals surface area (Å²) in [4.78, 5) is 27.0. The third kappa shape index (κ3) is 5.10. The topological polar surface area (TPSA) is 250 Å². The van der Waals surface area contributed by atoms with Gasteiger partial charge in [-0.15, -0.1) is 0 Å². The number of ether oxygens (including phenoxy) is 2. The van der Waals surface area contributed by atoms with Crippen LogP contribution in [0.2, 0.25) is 0 Å². The van der Waals surface area contributed by atoms with Gasteiger partial charge in [-0.3, -0.25) is 9.13 Å². The molecule has 8 atom stereocenters. The molecule has 2 aliphatic heterocycles. The molecule has 3 aromatic rings. The normalized spacial score (nSPS) is 31.4. The Hall–Kier alpha value is -2.59. The van der Waals surface area contributed by atoms with Crippen LogP contribution in [0.5, 0.6) is 0 Å². The first-order chi connectivity index (χ1) is 17.6. The van der Waals surface area contributed by atoms with Gasteiger partial charge in [-0.25, -0.2) is 24.1 Å². The van der Waals surface area contributed by atoms with Crippen molar-refractivity contribution in [2.45, 2.75) is 49.1 Å². The van der Waals surface area contributed by atoms with Crippen molar-refractivity contribution in [3.8, 4) is 0 Å². The van der Waals surface area contributed by atoms with Crippen LogP contribution in [0.15, 0.2) is 23.6 Å². The fourth-order valence-electron chi connectivity index (χ4n) is 3.88. The second kappa shape index (κ2) is 11.0. The second-order valence-corrected chi connectivity index (χ2v) is 9.32.